The maximum Gasteiger partial charge on any atom is 0.368 e. The second kappa shape index (κ2) is 7.36. The molecular weight excluding hydrogens is 255 g/mol. The molecule has 0 bridgehead atoms. The lowest BCUT2D eigenvalue weighted by Crippen LogP contribution is -2.50. The summed E-state index contributed by atoms with van der Waals surface area (Å²) < 4.78 is 16.1. The highest BCUT2D eigenvalue weighted by atomic mass is 19.1. The fourth-order valence-corrected chi connectivity index (χ4v) is 0.950. The van der Waals surface area contributed by atoms with E-state index >= 15 is 0 Å². The highest BCUT2D eigenvalue weighted by Crippen LogP contribution is 2.10. The summed E-state index contributed by atoms with van der Waals surface area (Å²) in [7, 11) is 0. The molecule has 9 heteroatoms. The highest BCUT2D eigenvalue weighted by Gasteiger charge is 2.36. The van der Waals surface area contributed by atoms with E-state index in [1.807, 2.05) is 0 Å². The van der Waals surface area contributed by atoms with Crippen molar-refractivity contribution in [3.05, 3.63) is 12.4 Å². The Hall–Kier alpha value is -1.10. The number of halogens is 1. The summed E-state index contributed by atoms with van der Waals surface area (Å²) in [4.78, 5) is 10.6. The molecule has 1 unspecified atom stereocenters. The second-order valence-corrected chi connectivity index (χ2v) is 3.42. The van der Waals surface area contributed by atoms with Gasteiger partial charge >= 0.3 is 5.97 Å². The Morgan fingerprint density at radius 2 is 1.61 bits per heavy atom. The first kappa shape index (κ1) is 16.9. The van der Waals surface area contributed by atoms with E-state index in [0.717, 1.165) is 0 Å². The van der Waals surface area contributed by atoms with Crippen LogP contribution in [0.3, 0.4) is 0 Å². The Bertz CT molecular complexity index is 296. The van der Waals surface area contributed by atoms with Crippen LogP contribution in [0.4, 0.5) is 4.39 Å². The molecule has 0 radical (unpaired) electrons. The van der Waals surface area contributed by atoms with Gasteiger partial charge in [-0.3, -0.25) is 0 Å². The third-order valence-electron chi connectivity index (χ3n) is 2.02. The lowest BCUT2D eigenvalue weighted by Gasteiger charge is -2.27. The number of esters is 1. The Balaban J connectivity index is 4.49. The second-order valence-electron chi connectivity index (χ2n) is 3.42. The van der Waals surface area contributed by atoms with Crippen molar-refractivity contribution in [2.45, 2.75) is 30.7 Å². The van der Waals surface area contributed by atoms with E-state index in [1.165, 1.54) is 0 Å². The Kier molecular flexibility index (Phi) is 6.91. The average molecular weight is 270 g/mol. The lowest BCUT2D eigenvalue weighted by molar-refractivity contribution is -0.211. The zero-order valence-corrected chi connectivity index (χ0v) is 9.18. The van der Waals surface area contributed by atoms with E-state index in [1.54, 1.807) is 0 Å². The van der Waals surface area contributed by atoms with Crippen LogP contribution in [0.1, 0.15) is 0 Å². The molecule has 18 heavy (non-hydrogen) atoms. The summed E-state index contributed by atoms with van der Waals surface area (Å²) in [6.07, 6.45) is -10.5. The van der Waals surface area contributed by atoms with Crippen molar-refractivity contribution in [1.29, 1.82) is 0 Å². The van der Waals surface area contributed by atoms with Crippen molar-refractivity contribution in [3.63, 3.8) is 0 Å². The van der Waals surface area contributed by atoms with Gasteiger partial charge in [0.15, 0.2) is 0 Å². The number of hydrogen-bond donors (Lipinski definition) is 6. The maximum absolute atomic E-state index is 12.2. The van der Waals surface area contributed by atoms with Crippen LogP contribution in [0.5, 0.6) is 0 Å². The van der Waals surface area contributed by atoms with Crippen LogP contribution < -0.4 is 0 Å². The lowest BCUT2D eigenvalue weighted by atomic mass is 10.0. The molecule has 0 saturated heterocycles. The fraction of sp³-hybridized carbons (Fsp3) is 0.667. The van der Waals surface area contributed by atoms with Gasteiger partial charge < -0.3 is 35.4 Å². The molecule has 0 aliphatic carbocycles. The van der Waals surface area contributed by atoms with E-state index in [4.69, 9.17) is 15.3 Å². The molecular formula is C9H15FO8. The Morgan fingerprint density at radius 3 is 2.00 bits per heavy atom. The maximum atomic E-state index is 12.2. The van der Waals surface area contributed by atoms with Crippen LogP contribution in [0, 0.1) is 0 Å². The van der Waals surface area contributed by atoms with E-state index < -0.39 is 49.1 Å². The quantitative estimate of drug-likeness (QED) is 0.161. The molecule has 8 nitrogen and oxygen atoms in total. The van der Waals surface area contributed by atoms with Crippen molar-refractivity contribution in [1.82, 2.24) is 0 Å². The van der Waals surface area contributed by atoms with Gasteiger partial charge in [-0.15, -0.1) is 0 Å². The molecule has 0 aromatic heterocycles. The summed E-state index contributed by atoms with van der Waals surface area (Å²) in [5.41, 5.74) is 0. The van der Waals surface area contributed by atoms with Crippen molar-refractivity contribution in [3.8, 4) is 0 Å². The molecule has 0 aliphatic heterocycles. The number of rotatable bonds is 7. The van der Waals surface area contributed by atoms with Gasteiger partial charge in [0.2, 0.25) is 12.1 Å². The molecule has 0 heterocycles. The third kappa shape index (κ3) is 4.64. The first-order valence-corrected chi connectivity index (χ1v) is 4.79. The van der Waals surface area contributed by atoms with Gasteiger partial charge in [0.25, 0.3) is 0 Å². The highest BCUT2D eigenvalue weighted by molar-refractivity contribution is 5.85. The number of hydrogen-bond acceptors (Lipinski definition) is 8. The number of aliphatic hydroxyl groups excluding tert-OH is 6. The minimum atomic E-state index is -2.35. The van der Waals surface area contributed by atoms with Crippen molar-refractivity contribution < 1.29 is 44.6 Å². The standard InChI is InChI=1S/C9H15FO8/c1-3(10)8(16)18-9(17)7(15)6(14)5(13)4(12)2-11/h4-7,9,11-15,17H,1-2H2/t4-,5-,6+,7-,9?/m1/s1. The van der Waals surface area contributed by atoms with Crippen LogP contribution in [0.2, 0.25) is 0 Å². The first-order chi connectivity index (χ1) is 8.22. The average Bonchev–Trinajstić information content (AvgIpc) is 2.34. The van der Waals surface area contributed by atoms with Crippen LogP contribution in [0.25, 0.3) is 0 Å². The fourth-order valence-electron chi connectivity index (χ4n) is 0.950. The van der Waals surface area contributed by atoms with Gasteiger partial charge in [0.1, 0.15) is 24.4 Å². The largest absolute Gasteiger partial charge is 0.428 e. The van der Waals surface area contributed by atoms with Crippen molar-refractivity contribution in [2.24, 2.45) is 0 Å². The normalized spacial score (nSPS) is 19.5. The monoisotopic (exact) mass is 270 g/mol. The number of carbonyl (C=O) groups excluding carboxylic acids is 1. The molecule has 0 aromatic rings. The molecule has 0 aliphatic rings. The van der Waals surface area contributed by atoms with Crippen molar-refractivity contribution in [2.75, 3.05) is 6.61 Å². The topological polar surface area (TPSA) is 148 Å². The molecule has 0 saturated carbocycles. The summed E-state index contributed by atoms with van der Waals surface area (Å²) in [6, 6.07) is 0. The summed E-state index contributed by atoms with van der Waals surface area (Å²) in [5, 5.41) is 54.2. The van der Waals surface area contributed by atoms with Crippen LogP contribution in [-0.2, 0) is 9.53 Å². The number of ether oxygens (including phenoxy) is 1. The smallest absolute Gasteiger partial charge is 0.368 e. The van der Waals surface area contributed by atoms with E-state index in [-0.39, 0.29) is 0 Å². The Morgan fingerprint density at radius 1 is 1.11 bits per heavy atom. The van der Waals surface area contributed by atoms with Gasteiger partial charge in [-0.1, -0.05) is 6.58 Å². The third-order valence-corrected chi connectivity index (χ3v) is 2.02. The molecule has 5 atom stereocenters. The number of carbonyl (C=O) groups is 1. The molecule has 0 amide bonds. The van der Waals surface area contributed by atoms with Crippen molar-refractivity contribution >= 4 is 5.97 Å². The van der Waals surface area contributed by atoms with Crippen LogP contribution >= 0.6 is 0 Å². The Labute approximate surface area is 101 Å². The van der Waals surface area contributed by atoms with Gasteiger partial charge in [-0.2, -0.15) is 4.39 Å². The van der Waals surface area contributed by atoms with E-state index in [9.17, 15) is 24.5 Å². The minimum Gasteiger partial charge on any atom is -0.428 e. The minimum absolute atomic E-state index is 0.915. The predicted molar refractivity (Wildman–Crippen MR) is 53.5 cm³/mol. The molecule has 0 fully saturated rings. The zero-order valence-electron chi connectivity index (χ0n) is 9.18. The summed E-state index contributed by atoms with van der Waals surface area (Å²) in [6.45, 7) is 1.66. The molecule has 106 valence electrons. The molecule has 6 N–H and O–H groups in total. The predicted octanol–water partition coefficient (Wildman–Crippen LogP) is -3.23. The van der Waals surface area contributed by atoms with Gasteiger partial charge in [0, 0.05) is 0 Å². The van der Waals surface area contributed by atoms with Gasteiger partial charge in [-0.05, 0) is 0 Å². The number of aliphatic hydroxyl groups is 6. The molecule has 0 spiro atoms. The molecule has 0 rings (SSSR count). The first-order valence-electron chi connectivity index (χ1n) is 4.79. The summed E-state index contributed by atoms with van der Waals surface area (Å²) >= 11 is 0. The summed E-state index contributed by atoms with van der Waals surface area (Å²) in [5.74, 6) is -3.20. The van der Waals surface area contributed by atoms with Gasteiger partial charge in [-0.25, -0.2) is 4.79 Å². The van der Waals surface area contributed by atoms with E-state index in [2.05, 4.69) is 11.3 Å². The van der Waals surface area contributed by atoms with Crippen LogP contribution in [-0.4, -0.2) is 73.9 Å². The van der Waals surface area contributed by atoms with E-state index in [0.29, 0.717) is 0 Å². The molecule has 0 aromatic carbocycles. The van der Waals surface area contributed by atoms with Gasteiger partial charge in [0.05, 0.1) is 6.61 Å². The zero-order chi connectivity index (χ0) is 14.5. The van der Waals surface area contributed by atoms with Crippen LogP contribution in [0.15, 0.2) is 12.4 Å². The SMILES string of the molecule is C=C(F)C(=O)OC(O)[C@H](O)[C@@H](O)[C@H](O)[C@H](O)CO.